The summed E-state index contributed by atoms with van der Waals surface area (Å²) in [6.07, 6.45) is 5.91. The molecule has 1 fully saturated rings. The van der Waals surface area contributed by atoms with E-state index < -0.39 is 0 Å². The fourth-order valence-electron chi connectivity index (χ4n) is 4.83. The Morgan fingerprint density at radius 2 is 2.03 bits per heavy atom. The summed E-state index contributed by atoms with van der Waals surface area (Å²) in [6.45, 7) is 1.94. The summed E-state index contributed by atoms with van der Waals surface area (Å²) in [4.78, 5) is 32.5. The molecule has 2 aliphatic rings. The molecule has 5 aromatic rings. The van der Waals surface area contributed by atoms with Gasteiger partial charge < -0.3 is 14.6 Å². The Morgan fingerprint density at radius 1 is 1.14 bits per heavy atom. The van der Waals surface area contributed by atoms with Gasteiger partial charge in [-0.2, -0.15) is 5.10 Å². The molecule has 0 spiro atoms. The molecule has 0 bridgehead atoms. The molecule has 0 aliphatic carbocycles. The number of rotatable bonds is 4. The normalized spacial score (nSPS) is 17.6. The SMILES string of the molecule is O=c1c2c(Cl)ccn2nc([C@@H]2CCN2c2ncnc3[nH]cc(C4=NCCO4)c23)n1-c1ccccc1. The molecular weight excluding hydrogens is 468 g/mol. The maximum absolute atomic E-state index is 13.7. The third kappa shape index (κ3) is 2.99. The van der Waals surface area contributed by atoms with Crippen LogP contribution in [0, 0.1) is 0 Å². The number of benzene rings is 1. The number of ether oxygens (including phenoxy) is 1. The fourth-order valence-corrected chi connectivity index (χ4v) is 5.05. The highest BCUT2D eigenvalue weighted by atomic mass is 35.5. The number of nitrogens with zero attached hydrogens (tertiary/aromatic N) is 7. The van der Waals surface area contributed by atoms with E-state index >= 15 is 0 Å². The quantitative estimate of drug-likeness (QED) is 0.418. The van der Waals surface area contributed by atoms with E-state index in [0.717, 1.165) is 35.4 Å². The molecule has 0 saturated carbocycles. The van der Waals surface area contributed by atoms with E-state index in [1.807, 2.05) is 36.5 Å². The minimum Gasteiger partial charge on any atom is -0.475 e. The van der Waals surface area contributed by atoms with Crippen LogP contribution in [-0.2, 0) is 4.74 Å². The van der Waals surface area contributed by atoms with Gasteiger partial charge in [0.05, 0.1) is 34.2 Å². The molecule has 35 heavy (non-hydrogen) atoms. The lowest BCUT2D eigenvalue weighted by atomic mass is 10.0. The Morgan fingerprint density at radius 3 is 2.80 bits per heavy atom. The van der Waals surface area contributed by atoms with Crippen LogP contribution in [0.4, 0.5) is 5.82 Å². The molecule has 0 radical (unpaired) electrons. The van der Waals surface area contributed by atoms with Crippen LogP contribution in [0.3, 0.4) is 0 Å². The first-order valence-corrected chi connectivity index (χ1v) is 11.7. The van der Waals surface area contributed by atoms with E-state index in [4.69, 9.17) is 21.4 Å². The molecule has 0 amide bonds. The number of hydrogen-bond donors (Lipinski definition) is 1. The standard InChI is InChI=1S/C24H19ClN8O2/c25-16-6-10-32-19(16)24(34)33(14-4-2-1-3-5-14)21(30-32)17-7-9-31(17)22-18-15(23-26-8-11-35-23)12-27-20(18)28-13-29-22/h1-6,10,12-13,17H,7-9,11H2,(H,27,28,29)/t17-/m0/s1. The van der Waals surface area contributed by atoms with Gasteiger partial charge in [-0.1, -0.05) is 29.8 Å². The van der Waals surface area contributed by atoms with Crippen molar-refractivity contribution in [1.29, 1.82) is 0 Å². The van der Waals surface area contributed by atoms with Crippen molar-refractivity contribution in [3.8, 4) is 5.69 Å². The molecule has 1 saturated heterocycles. The number of para-hydroxylation sites is 1. The van der Waals surface area contributed by atoms with E-state index in [0.29, 0.717) is 41.1 Å². The second-order valence-corrected chi connectivity index (χ2v) is 8.85. The fraction of sp³-hybridized carbons (Fsp3) is 0.208. The lowest BCUT2D eigenvalue weighted by molar-refractivity contribution is 0.348. The van der Waals surface area contributed by atoms with Gasteiger partial charge in [0.15, 0.2) is 5.82 Å². The van der Waals surface area contributed by atoms with Crippen LogP contribution in [0.15, 0.2) is 64.9 Å². The molecule has 1 N–H and O–H groups in total. The van der Waals surface area contributed by atoms with Gasteiger partial charge in [-0.3, -0.25) is 9.36 Å². The van der Waals surface area contributed by atoms with Crippen molar-refractivity contribution in [2.45, 2.75) is 12.5 Å². The van der Waals surface area contributed by atoms with E-state index in [1.54, 1.807) is 21.3 Å². The third-order valence-corrected chi connectivity index (χ3v) is 6.84. The van der Waals surface area contributed by atoms with Crippen LogP contribution in [0.1, 0.15) is 23.9 Å². The first-order chi connectivity index (χ1) is 17.2. The first-order valence-electron chi connectivity index (χ1n) is 11.3. The van der Waals surface area contributed by atoms with Crippen LogP contribution < -0.4 is 10.5 Å². The van der Waals surface area contributed by atoms with Gasteiger partial charge in [-0.15, -0.1) is 0 Å². The lowest BCUT2D eigenvalue weighted by Crippen LogP contribution is -2.45. The second kappa shape index (κ2) is 7.67. The largest absolute Gasteiger partial charge is 0.475 e. The van der Waals surface area contributed by atoms with Gasteiger partial charge in [0.2, 0.25) is 5.90 Å². The Labute approximate surface area is 203 Å². The van der Waals surface area contributed by atoms with Gasteiger partial charge in [0, 0.05) is 18.9 Å². The van der Waals surface area contributed by atoms with Crippen molar-refractivity contribution in [3.05, 3.63) is 81.9 Å². The molecule has 7 rings (SSSR count). The minimum absolute atomic E-state index is 0.180. The average molecular weight is 487 g/mol. The number of anilines is 1. The predicted octanol–water partition coefficient (Wildman–Crippen LogP) is 3.14. The maximum Gasteiger partial charge on any atom is 0.284 e. The Balaban J connectivity index is 1.42. The number of aromatic amines is 1. The molecule has 11 heteroatoms. The minimum atomic E-state index is -0.216. The molecular formula is C24H19ClN8O2. The molecule has 6 heterocycles. The first kappa shape index (κ1) is 20.2. The molecule has 174 valence electrons. The van der Waals surface area contributed by atoms with Crippen molar-refractivity contribution in [1.82, 2.24) is 29.1 Å². The zero-order chi connectivity index (χ0) is 23.5. The number of halogens is 1. The van der Waals surface area contributed by atoms with Gasteiger partial charge in [-0.05, 0) is 24.6 Å². The summed E-state index contributed by atoms with van der Waals surface area (Å²) in [5.74, 6) is 1.96. The highest BCUT2D eigenvalue weighted by Crippen LogP contribution is 2.40. The summed E-state index contributed by atoms with van der Waals surface area (Å²) in [5.41, 5.74) is 2.40. The van der Waals surface area contributed by atoms with Gasteiger partial charge in [0.25, 0.3) is 5.56 Å². The van der Waals surface area contributed by atoms with Crippen LogP contribution >= 0.6 is 11.6 Å². The van der Waals surface area contributed by atoms with Gasteiger partial charge >= 0.3 is 0 Å². The zero-order valence-corrected chi connectivity index (χ0v) is 19.2. The molecule has 2 aliphatic heterocycles. The number of aromatic nitrogens is 6. The lowest BCUT2D eigenvalue weighted by Gasteiger charge is -2.42. The monoisotopic (exact) mass is 486 g/mol. The van der Waals surface area contributed by atoms with E-state index in [2.05, 4.69) is 24.8 Å². The summed E-state index contributed by atoms with van der Waals surface area (Å²) < 4.78 is 8.94. The number of H-pyrrole nitrogens is 1. The molecule has 1 atom stereocenters. The number of nitrogens with one attached hydrogen (secondary N) is 1. The Bertz CT molecular complexity index is 1690. The van der Waals surface area contributed by atoms with Crippen molar-refractivity contribution >= 4 is 39.9 Å². The zero-order valence-electron chi connectivity index (χ0n) is 18.4. The number of hydrogen-bond acceptors (Lipinski definition) is 7. The van der Waals surface area contributed by atoms with Crippen LogP contribution in [-0.4, -0.2) is 54.7 Å². The smallest absolute Gasteiger partial charge is 0.284 e. The van der Waals surface area contributed by atoms with Crippen LogP contribution in [0.2, 0.25) is 5.02 Å². The van der Waals surface area contributed by atoms with Crippen molar-refractivity contribution < 1.29 is 4.74 Å². The highest BCUT2D eigenvalue weighted by Gasteiger charge is 2.37. The second-order valence-electron chi connectivity index (χ2n) is 8.45. The molecule has 10 nitrogen and oxygen atoms in total. The van der Waals surface area contributed by atoms with Gasteiger partial charge in [-0.25, -0.2) is 19.5 Å². The summed E-state index contributed by atoms with van der Waals surface area (Å²) in [6, 6.07) is 11.0. The molecule has 0 unspecified atom stereocenters. The summed E-state index contributed by atoms with van der Waals surface area (Å²) in [7, 11) is 0. The Hall–Kier alpha value is -4.18. The van der Waals surface area contributed by atoms with E-state index in [1.165, 1.54) is 6.33 Å². The van der Waals surface area contributed by atoms with Crippen molar-refractivity contribution in [2.24, 2.45) is 4.99 Å². The maximum atomic E-state index is 13.7. The average Bonchev–Trinajstić information content (AvgIpc) is 3.59. The van der Waals surface area contributed by atoms with Crippen LogP contribution in [0.25, 0.3) is 22.2 Å². The van der Waals surface area contributed by atoms with E-state index in [-0.39, 0.29) is 11.6 Å². The molecule has 1 aromatic carbocycles. The summed E-state index contributed by atoms with van der Waals surface area (Å²) >= 11 is 6.35. The Kier molecular flexibility index (Phi) is 4.43. The highest BCUT2D eigenvalue weighted by molar-refractivity contribution is 6.33. The predicted molar refractivity (Wildman–Crippen MR) is 132 cm³/mol. The third-order valence-electron chi connectivity index (χ3n) is 6.53. The van der Waals surface area contributed by atoms with Gasteiger partial charge in [0.1, 0.15) is 29.9 Å². The number of fused-ring (bicyclic) bond motifs is 2. The number of aliphatic imine (C=N–C) groups is 1. The topological polar surface area (TPSA) is 106 Å². The van der Waals surface area contributed by atoms with Crippen molar-refractivity contribution in [3.63, 3.8) is 0 Å². The van der Waals surface area contributed by atoms with Crippen LogP contribution in [0.5, 0.6) is 0 Å². The molecule has 4 aromatic heterocycles. The summed E-state index contributed by atoms with van der Waals surface area (Å²) in [5, 5.41) is 6.07. The van der Waals surface area contributed by atoms with E-state index in [9.17, 15) is 4.79 Å². The van der Waals surface area contributed by atoms with Crippen molar-refractivity contribution in [2.75, 3.05) is 24.6 Å².